The number of imide groups is 2. The summed E-state index contributed by atoms with van der Waals surface area (Å²) in [7, 11) is 1.21. The van der Waals surface area contributed by atoms with Crippen LogP contribution in [0.4, 0.5) is 37.7 Å². The molecule has 2 heterocycles. The van der Waals surface area contributed by atoms with E-state index in [9.17, 15) is 50.3 Å². The molecule has 5 rings (SSSR count). The molecule has 0 bridgehead atoms. The number of nitrogens with one attached hydrogen (secondary N) is 1. The van der Waals surface area contributed by atoms with E-state index < -0.39 is 58.8 Å². The fourth-order valence-corrected chi connectivity index (χ4v) is 6.11. The Morgan fingerprint density at radius 2 is 1.15 bits per heavy atom. The van der Waals surface area contributed by atoms with Crippen molar-refractivity contribution in [2.75, 3.05) is 17.3 Å². The van der Waals surface area contributed by atoms with E-state index in [0.29, 0.717) is 23.6 Å². The fraction of sp³-hybridized carbons (Fsp3) is 0.324. The minimum absolute atomic E-state index is 0.0525. The second-order valence-electron chi connectivity index (χ2n) is 12.3. The Hall–Kier alpha value is -5.01. The molecule has 48 heavy (non-hydrogen) atoms. The zero-order valence-electron chi connectivity index (χ0n) is 26.7. The summed E-state index contributed by atoms with van der Waals surface area (Å²) in [5, 5.41) is 2.16. The first kappa shape index (κ1) is 34.3. The van der Waals surface area contributed by atoms with Gasteiger partial charge in [0.1, 0.15) is 5.41 Å². The van der Waals surface area contributed by atoms with Crippen LogP contribution in [0.15, 0.2) is 36.4 Å². The van der Waals surface area contributed by atoms with E-state index in [0.717, 1.165) is 53.1 Å². The number of hydrogen-bond acceptors (Lipinski definition) is 5. The number of carbonyl (C=O) groups is 5. The predicted molar refractivity (Wildman–Crippen MR) is 162 cm³/mol. The second kappa shape index (κ2) is 11.0. The maximum atomic E-state index is 15.0. The highest BCUT2D eigenvalue weighted by atomic mass is 19.4. The number of alkyl halides is 6. The molecule has 0 saturated heterocycles. The van der Waals surface area contributed by atoms with Crippen molar-refractivity contribution in [1.29, 1.82) is 0 Å². The molecule has 3 aromatic carbocycles. The summed E-state index contributed by atoms with van der Waals surface area (Å²) in [4.78, 5) is 66.6. The molecule has 2 aliphatic rings. The van der Waals surface area contributed by atoms with Gasteiger partial charge in [0, 0.05) is 12.7 Å². The van der Waals surface area contributed by atoms with E-state index in [-0.39, 0.29) is 44.8 Å². The molecule has 0 fully saturated rings. The Kier molecular flexibility index (Phi) is 7.89. The monoisotopic (exact) mass is 673 g/mol. The molecule has 0 saturated carbocycles. The normalized spacial score (nSPS) is 17.1. The van der Waals surface area contributed by atoms with Crippen LogP contribution in [0.3, 0.4) is 0 Å². The summed E-state index contributed by atoms with van der Waals surface area (Å²) in [5.41, 5.74) is -6.99. The van der Waals surface area contributed by atoms with Crippen LogP contribution in [0, 0.1) is 27.7 Å². The van der Waals surface area contributed by atoms with Gasteiger partial charge in [0.25, 0.3) is 36.0 Å². The summed E-state index contributed by atoms with van der Waals surface area (Å²) >= 11 is 0. The number of carbonyl (C=O) groups excluding carboxylic acids is 5. The lowest BCUT2D eigenvalue weighted by Gasteiger charge is -2.33. The Labute approximate surface area is 270 Å². The van der Waals surface area contributed by atoms with E-state index in [2.05, 4.69) is 5.32 Å². The lowest BCUT2D eigenvalue weighted by Crippen LogP contribution is -2.42. The summed E-state index contributed by atoms with van der Waals surface area (Å²) < 4.78 is 86.0. The van der Waals surface area contributed by atoms with Crippen LogP contribution < -0.4 is 10.2 Å². The van der Waals surface area contributed by atoms with Crippen molar-refractivity contribution in [3.63, 3.8) is 0 Å². The standard InChI is InChI=1S/C34H29F6N3O5/c1-14-15(2)24(41-31(48)33(6,37)30(35)36)17(4)25(16(14)3)43-28(46)21-11-9-19(13-23(21)29(43)47)32(5,34(38,39)40)18-8-10-20-22(12-18)27(45)42(7)26(20)44/h8-13,30H,1-7H3,(H,41,48). The zero-order valence-corrected chi connectivity index (χ0v) is 26.7. The number of nitrogens with zero attached hydrogens (tertiary/aromatic N) is 2. The minimum atomic E-state index is -4.99. The van der Waals surface area contributed by atoms with Gasteiger partial charge in [-0.25, -0.2) is 18.1 Å². The smallest absolute Gasteiger partial charge is 0.323 e. The summed E-state index contributed by atoms with van der Waals surface area (Å²) in [6.45, 7) is 7.30. The topological polar surface area (TPSA) is 104 Å². The van der Waals surface area contributed by atoms with Gasteiger partial charge in [-0.3, -0.25) is 28.9 Å². The predicted octanol–water partition coefficient (Wildman–Crippen LogP) is 6.75. The van der Waals surface area contributed by atoms with Crippen LogP contribution >= 0.6 is 0 Å². The maximum absolute atomic E-state index is 15.0. The molecular formula is C34H29F6N3O5. The number of benzene rings is 3. The van der Waals surface area contributed by atoms with Gasteiger partial charge < -0.3 is 5.32 Å². The fourth-order valence-electron chi connectivity index (χ4n) is 6.11. The molecule has 14 heteroatoms. The number of anilines is 2. The number of hydrogen-bond donors (Lipinski definition) is 1. The van der Waals surface area contributed by atoms with Gasteiger partial charge in [-0.1, -0.05) is 12.1 Å². The van der Waals surface area contributed by atoms with Gasteiger partial charge in [-0.05, 0) is 99.2 Å². The molecule has 5 amide bonds. The van der Waals surface area contributed by atoms with Crippen LogP contribution in [-0.2, 0) is 10.2 Å². The molecule has 2 atom stereocenters. The molecule has 8 nitrogen and oxygen atoms in total. The molecule has 3 aromatic rings. The molecule has 0 aliphatic carbocycles. The van der Waals surface area contributed by atoms with Crippen molar-refractivity contribution in [2.45, 2.75) is 65.2 Å². The number of amides is 5. The van der Waals surface area contributed by atoms with Gasteiger partial charge in [0.2, 0.25) is 5.67 Å². The van der Waals surface area contributed by atoms with Crippen LogP contribution in [-0.4, -0.2) is 59.8 Å². The Bertz CT molecular complexity index is 1990. The molecule has 2 aliphatic heterocycles. The van der Waals surface area contributed by atoms with Crippen LogP contribution in [0.25, 0.3) is 0 Å². The van der Waals surface area contributed by atoms with E-state index >= 15 is 0 Å². The van der Waals surface area contributed by atoms with E-state index in [1.54, 1.807) is 13.8 Å². The van der Waals surface area contributed by atoms with Gasteiger partial charge in [-0.2, -0.15) is 13.2 Å². The number of fused-ring (bicyclic) bond motifs is 2. The van der Waals surface area contributed by atoms with E-state index in [1.807, 2.05) is 0 Å². The molecule has 2 unspecified atom stereocenters. The molecule has 0 spiro atoms. The first-order chi connectivity index (χ1) is 22.1. The molecule has 0 aromatic heterocycles. The Morgan fingerprint density at radius 3 is 1.65 bits per heavy atom. The van der Waals surface area contributed by atoms with Gasteiger partial charge in [0.15, 0.2) is 0 Å². The van der Waals surface area contributed by atoms with Crippen molar-refractivity contribution in [3.05, 3.63) is 92.0 Å². The van der Waals surface area contributed by atoms with Crippen LogP contribution in [0.5, 0.6) is 0 Å². The third kappa shape index (κ3) is 4.71. The first-order valence-corrected chi connectivity index (χ1v) is 14.5. The van der Waals surface area contributed by atoms with Crippen molar-refractivity contribution < 1.29 is 50.3 Å². The maximum Gasteiger partial charge on any atom is 0.402 e. The third-order valence-corrected chi connectivity index (χ3v) is 9.60. The highest BCUT2D eigenvalue weighted by molar-refractivity contribution is 6.35. The molecule has 0 radical (unpaired) electrons. The average Bonchev–Trinajstić information content (AvgIpc) is 3.40. The van der Waals surface area contributed by atoms with E-state index in [1.165, 1.54) is 20.9 Å². The van der Waals surface area contributed by atoms with Crippen molar-refractivity contribution in [1.82, 2.24) is 4.90 Å². The Morgan fingerprint density at radius 1 is 0.688 bits per heavy atom. The van der Waals surface area contributed by atoms with Gasteiger partial charge in [0.05, 0.1) is 27.9 Å². The molecular weight excluding hydrogens is 644 g/mol. The largest absolute Gasteiger partial charge is 0.402 e. The first-order valence-electron chi connectivity index (χ1n) is 14.5. The quantitative estimate of drug-likeness (QED) is 0.231. The SMILES string of the molecule is Cc1c(C)c(NC(=O)C(C)(F)C(F)F)c(C)c(N2C(=O)c3ccc(C(C)(c4ccc5c(c4)C(=O)N(C)C5=O)C(F)(F)F)cc3C2=O)c1C. The van der Waals surface area contributed by atoms with Crippen LogP contribution in [0.1, 0.15) is 88.7 Å². The van der Waals surface area contributed by atoms with Crippen molar-refractivity contribution >= 4 is 40.9 Å². The van der Waals surface area contributed by atoms with Gasteiger partial charge >= 0.3 is 6.18 Å². The second-order valence-corrected chi connectivity index (χ2v) is 12.3. The van der Waals surface area contributed by atoms with Crippen molar-refractivity contribution in [3.8, 4) is 0 Å². The average molecular weight is 674 g/mol. The van der Waals surface area contributed by atoms with E-state index in [4.69, 9.17) is 0 Å². The summed E-state index contributed by atoms with van der Waals surface area (Å²) in [5.74, 6) is -4.97. The number of halogens is 6. The Balaban J connectivity index is 1.62. The summed E-state index contributed by atoms with van der Waals surface area (Å²) in [6, 6.07) is 6.28. The zero-order chi connectivity index (χ0) is 36.0. The van der Waals surface area contributed by atoms with Crippen LogP contribution in [0.2, 0.25) is 0 Å². The number of rotatable bonds is 6. The summed E-state index contributed by atoms with van der Waals surface area (Å²) in [6.07, 6.45) is -8.64. The highest BCUT2D eigenvalue weighted by Gasteiger charge is 2.55. The third-order valence-electron chi connectivity index (χ3n) is 9.60. The lowest BCUT2D eigenvalue weighted by atomic mass is 9.74. The molecule has 252 valence electrons. The van der Waals surface area contributed by atoms with Gasteiger partial charge in [-0.15, -0.1) is 0 Å². The van der Waals surface area contributed by atoms with Crippen molar-refractivity contribution in [2.24, 2.45) is 0 Å². The molecule has 1 N–H and O–H groups in total. The highest BCUT2D eigenvalue weighted by Crippen LogP contribution is 2.48. The minimum Gasteiger partial charge on any atom is -0.323 e. The lowest BCUT2D eigenvalue weighted by molar-refractivity contribution is -0.173.